The highest BCUT2D eigenvalue weighted by molar-refractivity contribution is 6.04. The van der Waals surface area contributed by atoms with Gasteiger partial charge in [-0.1, -0.05) is 91.0 Å². The van der Waals surface area contributed by atoms with Crippen LogP contribution in [0, 0.1) is 6.57 Å². The summed E-state index contributed by atoms with van der Waals surface area (Å²) in [6.45, 7) is 9.34. The average molecular weight is 590 g/mol. The van der Waals surface area contributed by atoms with Gasteiger partial charge in [-0.2, -0.15) is 0 Å². The van der Waals surface area contributed by atoms with E-state index < -0.39 is 6.04 Å². The number of aromatic nitrogens is 2. The molecule has 0 aliphatic carbocycles. The lowest BCUT2D eigenvalue weighted by atomic mass is 10.0. The average Bonchev–Trinajstić information content (AvgIpc) is 3.50. The topological polar surface area (TPSA) is 63.8 Å². The molecule has 1 atom stereocenters. The number of nitrogens with zero attached hydrogens (tertiary/aromatic N) is 4. The van der Waals surface area contributed by atoms with Crippen molar-refractivity contribution in [2.24, 2.45) is 0 Å². The molecule has 7 nitrogen and oxygen atoms in total. The molecule has 0 saturated heterocycles. The number of anilines is 1. The summed E-state index contributed by atoms with van der Waals surface area (Å²) in [7, 11) is 0. The number of ether oxygens (including phenoxy) is 1. The Hall–Kier alpha value is -5.71. The lowest BCUT2D eigenvalue weighted by Crippen LogP contribution is -2.45. The molecule has 0 unspecified atom stereocenters. The molecule has 1 amide bonds. The smallest absolute Gasteiger partial charge is 0.242 e. The molecule has 0 radical (unpaired) electrons. The third kappa shape index (κ3) is 6.19. The number of hydrogen-bond donors (Lipinski definition) is 1. The molecular weight excluding hydrogens is 558 g/mol. The molecule has 1 N–H and O–H groups in total. The van der Waals surface area contributed by atoms with Gasteiger partial charge in [0, 0.05) is 36.9 Å². The molecule has 7 heteroatoms. The summed E-state index contributed by atoms with van der Waals surface area (Å²) in [5.74, 6) is 0.992. The standard InChI is InChI=1S/C38H31N5O2/c1-39-35-18-15-29-20-37(35)45-32-17-16-30-13-8-14-34(33(30)21-32)41-38(44)36(19-27-9-4-2-5-10-27)42(23-28-11-6-3-7-12-28)25-31-22-40-26-43(31)24-29/h2-18,20-22,26,36H,19,23-25H2,(H,41,44)/t36-/m0/s1. The van der Waals surface area contributed by atoms with Gasteiger partial charge in [-0.25, -0.2) is 9.83 Å². The molecule has 0 saturated carbocycles. The van der Waals surface area contributed by atoms with E-state index in [0.29, 0.717) is 48.9 Å². The van der Waals surface area contributed by atoms with E-state index in [-0.39, 0.29) is 5.91 Å². The van der Waals surface area contributed by atoms with Crippen LogP contribution >= 0.6 is 0 Å². The third-order valence-electron chi connectivity index (χ3n) is 8.24. The Morgan fingerprint density at radius 1 is 0.867 bits per heavy atom. The minimum absolute atomic E-state index is 0.0905. The summed E-state index contributed by atoms with van der Waals surface area (Å²) in [6.07, 6.45) is 4.22. The number of nitrogens with one attached hydrogen (secondary N) is 1. The zero-order valence-corrected chi connectivity index (χ0v) is 24.6. The Kier molecular flexibility index (Phi) is 7.79. The van der Waals surface area contributed by atoms with Crippen LogP contribution in [0.15, 0.2) is 128 Å². The van der Waals surface area contributed by atoms with Gasteiger partial charge in [0.25, 0.3) is 0 Å². The van der Waals surface area contributed by atoms with Crippen LogP contribution in [0.1, 0.15) is 22.4 Å². The van der Waals surface area contributed by atoms with Gasteiger partial charge in [0.15, 0.2) is 0 Å². The fourth-order valence-corrected chi connectivity index (χ4v) is 5.94. The van der Waals surface area contributed by atoms with Crippen molar-refractivity contribution in [1.29, 1.82) is 0 Å². The Bertz CT molecular complexity index is 2010. The maximum atomic E-state index is 14.5. The number of amides is 1. The van der Waals surface area contributed by atoms with Gasteiger partial charge in [-0.05, 0) is 52.8 Å². The summed E-state index contributed by atoms with van der Waals surface area (Å²) in [5, 5.41) is 5.12. The Labute approximate surface area is 262 Å². The Morgan fingerprint density at radius 3 is 2.47 bits per heavy atom. The molecular formula is C38H31N5O2. The van der Waals surface area contributed by atoms with Crippen LogP contribution in [0.4, 0.5) is 11.4 Å². The second-order valence-corrected chi connectivity index (χ2v) is 11.3. The van der Waals surface area contributed by atoms with E-state index in [1.54, 1.807) is 0 Å². The van der Waals surface area contributed by atoms with E-state index in [9.17, 15) is 4.79 Å². The number of benzene rings is 5. The summed E-state index contributed by atoms with van der Waals surface area (Å²) in [5.41, 5.74) is 5.31. The van der Waals surface area contributed by atoms with Crippen LogP contribution in [-0.4, -0.2) is 26.4 Å². The first-order valence-corrected chi connectivity index (χ1v) is 15.0. The lowest BCUT2D eigenvalue weighted by Gasteiger charge is -2.31. The molecule has 7 rings (SSSR count). The highest BCUT2D eigenvalue weighted by Gasteiger charge is 2.28. The van der Waals surface area contributed by atoms with Gasteiger partial charge in [-0.3, -0.25) is 9.69 Å². The Balaban J connectivity index is 1.38. The van der Waals surface area contributed by atoms with Crippen molar-refractivity contribution >= 4 is 28.1 Å². The predicted octanol–water partition coefficient (Wildman–Crippen LogP) is 7.99. The van der Waals surface area contributed by atoms with Crippen molar-refractivity contribution in [3.63, 3.8) is 0 Å². The molecule has 2 heterocycles. The van der Waals surface area contributed by atoms with Crippen molar-refractivity contribution < 1.29 is 9.53 Å². The first kappa shape index (κ1) is 28.1. The van der Waals surface area contributed by atoms with Gasteiger partial charge in [0.2, 0.25) is 11.6 Å². The van der Waals surface area contributed by atoms with Crippen LogP contribution in [0.5, 0.6) is 11.5 Å². The van der Waals surface area contributed by atoms with Crippen molar-refractivity contribution in [3.8, 4) is 11.5 Å². The molecule has 5 aromatic carbocycles. The Morgan fingerprint density at radius 2 is 1.67 bits per heavy atom. The second kappa shape index (κ2) is 12.5. The van der Waals surface area contributed by atoms with E-state index in [4.69, 9.17) is 11.3 Å². The van der Waals surface area contributed by atoms with Crippen LogP contribution in [0.3, 0.4) is 0 Å². The molecule has 1 aliphatic heterocycles. The van der Waals surface area contributed by atoms with Crippen LogP contribution in [-0.2, 0) is 30.8 Å². The highest BCUT2D eigenvalue weighted by Crippen LogP contribution is 2.36. The van der Waals surface area contributed by atoms with Crippen molar-refractivity contribution in [2.75, 3.05) is 5.32 Å². The normalized spacial score (nSPS) is 15.2. The minimum Gasteiger partial charge on any atom is -0.468 e. The zero-order chi connectivity index (χ0) is 30.6. The maximum Gasteiger partial charge on any atom is 0.242 e. The largest absolute Gasteiger partial charge is 0.468 e. The van der Waals surface area contributed by atoms with Crippen molar-refractivity contribution in [2.45, 2.75) is 32.1 Å². The number of fused-ring (bicyclic) bond motifs is 4. The van der Waals surface area contributed by atoms with E-state index in [1.165, 1.54) is 0 Å². The molecule has 1 aliphatic rings. The van der Waals surface area contributed by atoms with Crippen molar-refractivity contribution in [3.05, 3.63) is 162 Å². The van der Waals surface area contributed by atoms with E-state index in [2.05, 4.69) is 48.9 Å². The number of carbonyl (C=O) groups excluding carboxylic acids is 1. The molecule has 1 aromatic heterocycles. The molecule has 220 valence electrons. The second-order valence-electron chi connectivity index (χ2n) is 11.3. The number of hydrogen-bond acceptors (Lipinski definition) is 4. The summed E-state index contributed by atoms with van der Waals surface area (Å²) in [4.78, 5) is 24.9. The first-order valence-electron chi connectivity index (χ1n) is 15.0. The monoisotopic (exact) mass is 589 g/mol. The van der Waals surface area contributed by atoms with Crippen LogP contribution in [0.2, 0.25) is 0 Å². The fraction of sp³-hybridized carbons (Fsp3) is 0.132. The fourth-order valence-electron chi connectivity index (χ4n) is 5.94. The van der Waals surface area contributed by atoms with E-state index in [1.807, 2.05) is 104 Å². The molecule has 45 heavy (non-hydrogen) atoms. The van der Waals surface area contributed by atoms with Gasteiger partial charge in [0.1, 0.15) is 11.5 Å². The number of imidazole rings is 1. The maximum absolute atomic E-state index is 14.5. The molecule has 4 bridgehead atoms. The number of rotatable bonds is 4. The van der Waals surface area contributed by atoms with Gasteiger partial charge < -0.3 is 14.6 Å². The van der Waals surface area contributed by atoms with Gasteiger partial charge in [0.05, 0.1) is 24.6 Å². The predicted molar refractivity (Wildman–Crippen MR) is 176 cm³/mol. The third-order valence-corrected chi connectivity index (χ3v) is 8.24. The first-order chi connectivity index (χ1) is 22.1. The molecule has 0 spiro atoms. The van der Waals surface area contributed by atoms with Crippen LogP contribution < -0.4 is 10.1 Å². The lowest BCUT2D eigenvalue weighted by molar-refractivity contribution is -0.121. The van der Waals surface area contributed by atoms with Crippen molar-refractivity contribution in [1.82, 2.24) is 14.5 Å². The van der Waals surface area contributed by atoms with Gasteiger partial charge in [-0.15, -0.1) is 0 Å². The summed E-state index contributed by atoms with van der Waals surface area (Å²) >= 11 is 0. The highest BCUT2D eigenvalue weighted by atomic mass is 16.5. The quantitative estimate of drug-likeness (QED) is 0.212. The van der Waals surface area contributed by atoms with Gasteiger partial charge >= 0.3 is 0 Å². The summed E-state index contributed by atoms with van der Waals surface area (Å²) in [6, 6.07) is 37.3. The molecule has 6 aromatic rings. The summed E-state index contributed by atoms with van der Waals surface area (Å²) < 4.78 is 8.42. The van der Waals surface area contributed by atoms with E-state index in [0.717, 1.165) is 33.2 Å². The SMILES string of the molecule is [C-]#[N+]c1ccc2cc1Oc1ccc3cccc(c3c1)NC(=O)[C@H](Cc1ccccc1)N(Cc1ccccc1)Cc1cncn1C2. The van der Waals surface area contributed by atoms with Crippen LogP contribution in [0.25, 0.3) is 15.6 Å². The number of carbonyl (C=O) groups is 1. The zero-order valence-electron chi connectivity index (χ0n) is 24.6. The minimum atomic E-state index is -0.483. The molecule has 0 fully saturated rings. The van der Waals surface area contributed by atoms with E-state index >= 15 is 0 Å².